The summed E-state index contributed by atoms with van der Waals surface area (Å²) in [6.45, 7) is 1.51. The highest BCUT2D eigenvalue weighted by atomic mass is 16.5. The Kier molecular flexibility index (Phi) is 2.96. The molecule has 1 aromatic rings. The van der Waals surface area contributed by atoms with Crippen molar-refractivity contribution in [3.8, 4) is 5.75 Å². The molecule has 1 N–H and O–H groups in total. The van der Waals surface area contributed by atoms with Crippen molar-refractivity contribution in [3.63, 3.8) is 0 Å². The number of aliphatic hydroxyl groups excluding tert-OH is 1. The first-order valence-electron chi connectivity index (χ1n) is 6.47. The van der Waals surface area contributed by atoms with Crippen molar-refractivity contribution in [3.05, 3.63) is 29.3 Å². The maximum atomic E-state index is 12.4. The van der Waals surface area contributed by atoms with Gasteiger partial charge in [-0.3, -0.25) is 4.79 Å². The summed E-state index contributed by atoms with van der Waals surface area (Å²) in [6, 6.07) is 5.61. The summed E-state index contributed by atoms with van der Waals surface area (Å²) in [5.41, 5.74) is 1.82. The van der Waals surface area contributed by atoms with Gasteiger partial charge in [0.2, 0.25) is 0 Å². The average Bonchev–Trinajstić information content (AvgIpc) is 3.05. The minimum Gasteiger partial charge on any atom is -0.493 e. The standard InChI is InChI=1S/C14H17NO3/c16-9-12-2-1-6-15(12)14(17)11-3-4-13-10(8-11)5-7-18-13/h3-4,8,12,16H,1-2,5-7,9H2. The van der Waals surface area contributed by atoms with Crippen molar-refractivity contribution in [2.24, 2.45) is 0 Å². The predicted molar refractivity (Wildman–Crippen MR) is 66.8 cm³/mol. The molecule has 0 radical (unpaired) electrons. The molecule has 0 aromatic heterocycles. The number of amides is 1. The van der Waals surface area contributed by atoms with Gasteiger partial charge in [-0.2, -0.15) is 0 Å². The number of fused-ring (bicyclic) bond motifs is 1. The molecule has 18 heavy (non-hydrogen) atoms. The van der Waals surface area contributed by atoms with Crippen molar-refractivity contribution < 1.29 is 14.6 Å². The molecule has 2 aliphatic heterocycles. The van der Waals surface area contributed by atoms with Crippen molar-refractivity contribution in [1.82, 2.24) is 4.90 Å². The number of nitrogens with zero attached hydrogens (tertiary/aromatic N) is 1. The van der Waals surface area contributed by atoms with Crippen LogP contribution in [0.3, 0.4) is 0 Å². The summed E-state index contributed by atoms with van der Waals surface area (Å²) in [4.78, 5) is 14.2. The molecule has 0 saturated carbocycles. The summed E-state index contributed by atoms with van der Waals surface area (Å²) in [5, 5.41) is 9.27. The zero-order valence-corrected chi connectivity index (χ0v) is 10.3. The Bertz CT molecular complexity index is 472. The molecule has 1 aromatic carbocycles. The Hall–Kier alpha value is -1.55. The number of benzene rings is 1. The Morgan fingerprint density at radius 2 is 2.39 bits per heavy atom. The van der Waals surface area contributed by atoms with Gasteiger partial charge in [0.15, 0.2) is 0 Å². The largest absolute Gasteiger partial charge is 0.493 e. The molecule has 1 fully saturated rings. The third-order valence-electron chi connectivity index (χ3n) is 3.79. The first-order chi connectivity index (χ1) is 8.79. The normalized spacial score (nSPS) is 21.8. The topological polar surface area (TPSA) is 49.8 Å². The van der Waals surface area contributed by atoms with E-state index < -0.39 is 0 Å². The van der Waals surface area contributed by atoms with E-state index in [0.29, 0.717) is 12.2 Å². The molecule has 4 heteroatoms. The predicted octanol–water partition coefficient (Wildman–Crippen LogP) is 1.22. The van der Waals surface area contributed by atoms with Gasteiger partial charge in [-0.05, 0) is 36.6 Å². The molecule has 0 aliphatic carbocycles. The van der Waals surface area contributed by atoms with E-state index in [0.717, 1.165) is 37.1 Å². The lowest BCUT2D eigenvalue weighted by molar-refractivity contribution is 0.0677. The van der Waals surface area contributed by atoms with Gasteiger partial charge in [0.05, 0.1) is 19.3 Å². The molecular formula is C14H17NO3. The lowest BCUT2D eigenvalue weighted by Crippen LogP contribution is -2.37. The number of hydrogen-bond acceptors (Lipinski definition) is 3. The van der Waals surface area contributed by atoms with Crippen LogP contribution in [0.15, 0.2) is 18.2 Å². The van der Waals surface area contributed by atoms with Gasteiger partial charge in [-0.25, -0.2) is 0 Å². The van der Waals surface area contributed by atoms with Gasteiger partial charge in [0, 0.05) is 18.5 Å². The van der Waals surface area contributed by atoms with Crippen LogP contribution < -0.4 is 4.74 Å². The molecule has 0 bridgehead atoms. The van der Waals surface area contributed by atoms with E-state index >= 15 is 0 Å². The highest BCUT2D eigenvalue weighted by Crippen LogP contribution is 2.27. The highest BCUT2D eigenvalue weighted by molar-refractivity contribution is 5.95. The van der Waals surface area contributed by atoms with Crippen LogP contribution in [0.4, 0.5) is 0 Å². The van der Waals surface area contributed by atoms with Crippen molar-refractivity contribution in [2.45, 2.75) is 25.3 Å². The third-order valence-corrected chi connectivity index (χ3v) is 3.79. The Morgan fingerprint density at radius 1 is 1.50 bits per heavy atom. The molecule has 3 rings (SSSR count). The second-order valence-corrected chi connectivity index (χ2v) is 4.90. The van der Waals surface area contributed by atoms with Crippen LogP contribution >= 0.6 is 0 Å². The number of likely N-dealkylation sites (tertiary alicyclic amines) is 1. The molecule has 2 heterocycles. The number of carbonyl (C=O) groups excluding carboxylic acids is 1. The summed E-state index contributed by atoms with van der Waals surface area (Å²) in [6.07, 6.45) is 2.75. The van der Waals surface area contributed by atoms with Crippen molar-refractivity contribution in [1.29, 1.82) is 0 Å². The van der Waals surface area contributed by atoms with Crippen LogP contribution in [0, 0.1) is 0 Å². The van der Waals surface area contributed by atoms with E-state index in [1.165, 1.54) is 0 Å². The van der Waals surface area contributed by atoms with Gasteiger partial charge in [-0.1, -0.05) is 0 Å². The minimum absolute atomic E-state index is 0.0120. The first kappa shape index (κ1) is 11.5. The van der Waals surface area contributed by atoms with E-state index in [1.54, 1.807) is 4.90 Å². The van der Waals surface area contributed by atoms with Gasteiger partial charge >= 0.3 is 0 Å². The number of aliphatic hydroxyl groups is 1. The van der Waals surface area contributed by atoms with Gasteiger partial charge < -0.3 is 14.7 Å². The SMILES string of the molecule is O=C(c1ccc2c(c1)CCO2)N1CCCC1CO. The molecule has 1 amide bonds. The molecule has 96 valence electrons. The van der Waals surface area contributed by atoms with Crippen LogP contribution in [-0.2, 0) is 6.42 Å². The number of rotatable bonds is 2. The Balaban J connectivity index is 1.84. The maximum absolute atomic E-state index is 12.4. The minimum atomic E-state index is -0.0120. The second kappa shape index (κ2) is 4.61. The fraction of sp³-hybridized carbons (Fsp3) is 0.500. The van der Waals surface area contributed by atoms with Gasteiger partial charge in [-0.15, -0.1) is 0 Å². The molecule has 1 saturated heterocycles. The van der Waals surface area contributed by atoms with E-state index in [2.05, 4.69) is 0 Å². The molecule has 1 unspecified atom stereocenters. The van der Waals surface area contributed by atoms with Gasteiger partial charge in [0.1, 0.15) is 5.75 Å². The number of ether oxygens (including phenoxy) is 1. The van der Waals surface area contributed by atoms with Crippen LogP contribution in [0.2, 0.25) is 0 Å². The van der Waals surface area contributed by atoms with Gasteiger partial charge in [0.25, 0.3) is 5.91 Å². The van der Waals surface area contributed by atoms with E-state index in [9.17, 15) is 9.90 Å². The summed E-state index contributed by atoms with van der Waals surface area (Å²) >= 11 is 0. The average molecular weight is 247 g/mol. The quantitative estimate of drug-likeness (QED) is 0.855. The van der Waals surface area contributed by atoms with Crippen LogP contribution in [0.5, 0.6) is 5.75 Å². The summed E-state index contributed by atoms with van der Waals surface area (Å²) < 4.78 is 5.44. The monoisotopic (exact) mass is 247 g/mol. The lowest BCUT2D eigenvalue weighted by Gasteiger charge is -2.23. The van der Waals surface area contributed by atoms with Crippen molar-refractivity contribution in [2.75, 3.05) is 19.8 Å². The van der Waals surface area contributed by atoms with E-state index in [-0.39, 0.29) is 18.6 Å². The van der Waals surface area contributed by atoms with Crippen molar-refractivity contribution >= 4 is 5.91 Å². The maximum Gasteiger partial charge on any atom is 0.254 e. The van der Waals surface area contributed by atoms with E-state index in [1.807, 2.05) is 18.2 Å². The fourth-order valence-electron chi connectivity index (χ4n) is 2.78. The lowest BCUT2D eigenvalue weighted by atomic mass is 10.1. The Morgan fingerprint density at radius 3 is 3.22 bits per heavy atom. The summed E-state index contributed by atoms with van der Waals surface area (Å²) in [7, 11) is 0. The first-order valence-corrected chi connectivity index (χ1v) is 6.47. The number of hydrogen-bond donors (Lipinski definition) is 1. The fourth-order valence-corrected chi connectivity index (χ4v) is 2.78. The molecule has 4 nitrogen and oxygen atoms in total. The zero-order chi connectivity index (χ0) is 12.5. The van der Waals surface area contributed by atoms with Crippen LogP contribution in [0.25, 0.3) is 0 Å². The molecular weight excluding hydrogens is 230 g/mol. The van der Waals surface area contributed by atoms with E-state index in [4.69, 9.17) is 4.74 Å². The highest BCUT2D eigenvalue weighted by Gasteiger charge is 2.29. The Labute approximate surface area is 106 Å². The second-order valence-electron chi connectivity index (χ2n) is 4.90. The smallest absolute Gasteiger partial charge is 0.254 e. The number of carbonyl (C=O) groups is 1. The molecule has 0 spiro atoms. The molecule has 2 aliphatic rings. The summed E-state index contributed by atoms with van der Waals surface area (Å²) in [5.74, 6) is 0.924. The molecule has 1 atom stereocenters. The zero-order valence-electron chi connectivity index (χ0n) is 10.3. The third kappa shape index (κ3) is 1.86. The van der Waals surface area contributed by atoms with Crippen LogP contribution in [-0.4, -0.2) is 41.7 Å². The van der Waals surface area contributed by atoms with Crippen LogP contribution in [0.1, 0.15) is 28.8 Å².